The molecule has 0 fully saturated rings. The second-order valence-corrected chi connectivity index (χ2v) is 6.27. The number of para-hydroxylation sites is 1. The number of rotatable bonds is 6. The minimum Gasteiger partial charge on any atom is -0.320 e. The number of hydrogen-bond donors (Lipinski definition) is 1. The highest BCUT2D eigenvalue weighted by molar-refractivity contribution is 6.00. The summed E-state index contributed by atoms with van der Waals surface area (Å²) in [6.07, 6.45) is 0.113. The Labute approximate surface area is 157 Å². The minimum atomic E-state index is -0.356. The maximum Gasteiger partial charge on any atom is 0.295 e. The van der Waals surface area contributed by atoms with E-state index in [1.165, 1.54) is 4.68 Å². The van der Waals surface area contributed by atoms with E-state index < -0.39 is 0 Å². The molecule has 2 aromatic carbocycles. The van der Waals surface area contributed by atoms with Crippen LogP contribution in [0.3, 0.4) is 0 Å². The Kier molecular flexibility index (Phi) is 5.35. The Bertz CT molecular complexity index is 1020. The van der Waals surface area contributed by atoms with Gasteiger partial charge in [-0.1, -0.05) is 48.5 Å². The third-order valence-electron chi connectivity index (χ3n) is 4.49. The number of amides is 1. The Morgan fingerprint density at radius 3 is 2.15 bits per heavy atom. The molecular formula is C21H21N3O3. The van der Waals surface area contributed by atoms with Crippen molar-refractivity contribution in [2.24, 2.45) is 7.05 Å². The number of nitrogens with one attached hydrogen (secondary N) is 1. The van der Waals surface area contributed by atoms with Gasteiger partial charge in [0.15, 0.2) is 5.78 Å². The zero-order valence-electron chi connectivity index (χ0n) is 15.3. The summed E-state index contributed by atoms with van der Waals surface area (Å²) >= 11 is 0. The number of benzene rings is 2. The highest BCUT2D eigenvalue weighted by atomic mass is 16.2. The third-order valence-corrected chi connectivity index (χ3v) is 4.49. The average molecular weight is 363 g/mol. The fraction of sp³-hybridized carbons (Fsp3) is 0.190. The number of aromatic nitrogens is 2. The Morgan fingerprint density at radius 1 is 0.926 bits per heavy atom. The van der Waals surface area contributed by atoms with Crippen LogP contribution in [0, 0.1) is 6.92 Å². The van der Waals surface area contributed by atoms with Crippen molar-refractivity contribution in [1.82, 2.24) is 9.36 Å². The lowest BCUT2D eigenvalue weighted by Crippen LogP contribution is -2.23. The van der Waals surface area contributed by atoms with Crippen LogP contribution in [0.1, 0.15) is 28.9 Å². The minimum absolute atomic E-state index is 0.0207. The molecule has 3 rings (SSSR count). The van der Waals surface area contributed by atoms with Crippen molar-refractivity contribution in [1.29, 1.82) is 0 Å². The number of carbonyl (C=O) groups is 2. The molecule has 0 atom stereocenters. The zero-order chi connectivity index (χ0) is 19.4. The van der Waals surface area contributed by atoms with Gasteiger partial charge in [-0.2, -0.15) is 0 Å². The van der Waals surface area contributed by atoms with Gasteiger partial charge in [0.05, 0.1) is 11.4 Å². The number of nitrogens with zero attached hydrogens (tertiary/aromatic N) is 2. The van der Waals surface area contributed by atoms with E-state index in [0.717, 1.165) is 0 Å². The smallest absolute Gasteiger partial charge is 0.295 e. The monoisotopic (exact) mass is 363 g/mol. The highest BCUT2D eigenvalue weighted by Gasteiger charge is 2.18. The highest BCUT2D eigenvalue weighted by Crippen LogP contribution is 2.14. The quantitative estimate of drug-likeness (QED) is 0.684. The van der Waals surface area contributed by atoms with Gasteiger partial charge in [-0.05, 0) is 19.1 Å². The van der Waals surface area contributed by atoms with Crippen molar-refractivity contribution in [2.75, 3.05) is 5.32 Å². The van der Waals surface area contributed by atoms with E-state index in [0.29, 0.717) is 16.9 Å². The first kappa shape index (κ1) is 18.4. The largest absolute Gasteiger partial charge is 0.320 e. The molecular weight excluding hydrogens is 342 g/mol. The summed E-state index contributed by atoms with van der Waals surface area (Å²) in [5.74, 6) is -0.456. The molecule has 6 heteroatoms. The molecule has 0 saturated carbocycles. The van der Waals surface area contributed by atoms with Gasteiger partial charge in [0.1, 0.15) is 5.69 Å². The van der Waals surface area contributed by atoms with Crippen molar-refractivity contribution < 1.29 is 9.59 Å². The number of Topliss-reactive ketones (excluding diaryl/α,β-unsaturated/α-hetero) is 1. The number of carbonyl (C=O) groups excluding carboxylic acids is 2. The van der Waals surface area contributed by atoms with Crippen LogP contribution < -0.4 is 10.9 Å². The first-order chi connectivity index (χ1) is 13.0. The van der Waals surface area contributed by atoms with Crippen molar-refractivity contribution in [2.45, 2.75) is 19.8 Å². The van der Waals surface area contributed by atoms with E-state index >= 15 is 0 Å². The fourth-order valence-electron chi connectivity index (χ4n) is 2.91. The Morgan fingerprint density at radius 2 is 1.52 bits per heavy atom. The lowest BCUT2D eigenvalue weighted by Gasteiger charge is -2.07. The Hall–Kier alpha value is -3.41. The van der Waals surface area contributed by atoms with Crippen molar-refractivity contribution in [3.63, 3.8) is 0 Å². The number of hydrogen-bond acceptors (Lipinski definition) is 3. The molecule has 6 nitrogen and oxygen atoms in total. The molecule has 1 N–H and O–H groups in total. The lowest BCUT2D eigenvalue weighted by atomic mass is 10.1. The summed E-state index contributed by atoms with van der Waals surface area (Å²) in [5, 5.41) is 2.67. The van der Waals surface area contributed by atoms with Gasteiger partial charge >= 0.3 is 0 Å². The fourth-order valence-corrected chi connectivity index (χ4v) is 2.91. The normalized spacial score (nSPS) is 10.6. The van der Waals surface area contributed by atoms with Crippen molar-refractivity contribution in [3.05, 3.63) is 82.3 Å². The SMILES string of the molecule is Cc1c(NC(=O)CCC(=O)c2ccccc2)c(=O)n(-c2ccccc2)n1C. The van der Waals surface area contributed by atoms with E-state index in [1.807, 2.05) is 36.4 Å². The van der Waals surface area contributed by atoms with E-state index in [1.54, 1.807) is 42.9 Å². The van der Waals surface area contributed by atoms with Gasteiger partial charge in [-0.15, -0.1) is 0 Å². The molecule has 0 bridgehead atoms. The van der Waals surface area contributed by atoms with Gasteiger partial charge in [0, 0.05) is 25.5 Å². The van der Waals surface area contributed by atoms with Crippen LogP contribution >= 0.6 is 0 Å². The second kappa shape index (κ2) is 7.86. The molecule has 0 saturated heterocycles. The molecule has 0 spiro atoms. The molecule has 1 aromatic heterocycles. The van der Waals surface area contributed by atoms with Crippen LogP contribution in [-0.2, 0) is 11.8 Å². The van der Waals surface area contributed by atoms with Crippen LogP contribution in [-0.4, -0.2) is 21.1 Å². The predicted octanol–water partition coefficient (Wildman–Crippen LogP) is 3.09. The topological polar surface area (TPSA) is 73.1 Å². The first-order valence-corrected chi connectivity index (χ1v) is 8.71. The number of ketones is 1. The molecule has 1 heterocycles. The summed E-state index contributed by atoms with van der Waals surface area (Å²) in [6.45, 7) is 1.77. The van der Waals surface area contributed by atoms with Crippen molar-refractivity contribution in [3.8, 4) is 5.69 Å². The van der Waals surface area contributed by atoms with Crippen molar-refractivity contribution >= 4 is 17.4 Å². The maximum atomic E-state index is 12.8. The summed E-state index contributed by atoms with van der Waals surface area (Å²) < 4.78 is 3.20. The lowest BCUT2D eigenvalue weighted by molar-refractivity contribution is -0.116. The standard InChI is InChI=1S/C21H21N3O3/c1-15-20(21(27)24(23(15)2)17-11-7-4-8-12-17)22-19(26)14-13-18(25)16-9-5-3-6-10-16/h3-12H,13-14H2,1-2H3,(H,22,26). The third kappa shape index (κ3) is 3.89. The zero-order valence-corrected chi connectivity index (χ0v) is 15.3. The van der Waals surface area contributed by atoms with Crippen LogP contribution in [0.25, 0.3) is 5.69 Å². The van der Waals surface area contributed by atoms with Crippen LogP contribution in [0.5, 0.6) is 0 Å². The van der Waals surface area contributed by atoms with Gasteiger partial charge < -0.3 is 5.32 Å². The van der Waals surface area contributed by atoms with E-state index in [4.69, 9.17) is 0 Å². The van der Waals surface area contributed by atoms with Gasteiger partial charge in [-0.25, -0.2) is 4.68 Å². The maximum absolute atomic E-state index is 12.8. The molecule has 0 aliphatic carbocycles. The molecule has 0 radical (unpaired) electrons. The average Bonchev–Trinajstić information content (AvgIpc) is 2.90. The number of anilines is 1. The molecule has 3 aromatic rings. The summed E-state index contributed by atoms with van der Waals surface area (Å²) in [7, 11) is 1.76. The summed E-state index contributed by atoms with van der Waals surface area (Å²) in [4.78, 5) is 37.2. The molecule has 27 heavy (non-hydrogen) atoms. The van der Waals surface area contributed by atoms with Gasteiger partial charge in [-0.3, -0.25) is 19.1 Å². The molecule has 0 aliphatic heterocycles. The first-order valence-electron chi connectivity index (χ1n) is 8.71. The van der Waals surface area contributed by atoms with Gasteiger partial charge in [0.25, 0.3) is 5.56 Å². The van der Waals surface area contributed by atoms with E-state index in [2.05, 4.69) is 5.32 Å². The molecule has 138 valence electrons. The molecule has 0 unspecified atom stereocenters. The molecule has 0 aliphatic rings. The van der Waals surface area contributed by atoms with E-state index in [-0.39, 0.29) is 35.8 Å². The predicted molar refractivity (Wildman–Crippen MR) is 104 cm³/mol. The molecule has 1 amide bonds. The van der Waals surface area contributed by atoms with Crippen LogP contribution in [0.2, 0.25) is 0 Å². The second-order valence-electron chi connectivity index (χ2n) is 6.27. The summed E-state index contributed by atoms with van der Waals surface area (Å²) in [5.41, 5.74) is 1.87. The Balaban J connectivity index is 1.73. The van der Waals surface area contributed by atoms with Crippen LogP contribution in [0.15, 0.2) is 65.5 Å². The summed E-state index contributed by atoms with van der Waals surface area (Å²) in [6, 6.07) is 18.1. The van der Waals surface area contributed by atoms with E-state index in [9.17, 15) is 14.4 Å². The van der Waals surface area contributed by atoms with Crippen LogP contribution in [0.4, 0.5) is 5.69 Å². The van der Waals surface area contributed by atoms with Gasteiger partial charge in [0.2, 0.25) is 5.91 Å².